The van der Waals surface area contributed by atoms with Gasteiger partial charge in [0, 0.05) is 12.5 Å². The predicted octanol–water partition coefficient (Wildman–Crippen LogP) is 1.10. The molecule has 2 atom stereocenters. The summed E-state index contributed by atoms with van der Waals surface area (Å²) in [6, 6.07) is 0.404. The fourth-order valence-corrected chi connectivity index (χ4v) is 2.01. The number of nitrogens with one attached hydrogen (secondary N) is 1. The van der Waals surface area contributed by atoms with Crippen LogP contribution in [0.2, 0.25) is 0 Å². The average Bonchev–Trinajstić information content (AvgIpc) is 2.33. The van der Waals surface area contributed by atoms with Crippen LogP contribution in [0, 0.1) is 11.8 Å². The quantitative estimate of drug-likeness (QED) is 0.668. The van der Waals surface area contributed by atoms with Crippen molar-refractivity contribution in [3.63, 3.8) is 0 Å². The van der Waals surface area contributed by atoms with Crippen LogP contribution in [0.5, 0.6) is 0 Å². The third-order valence-electron chi connectivity index (χ3n) is 2.56. The fraction of sp³-hybridized carbons (Fsp3) is 0.889. The lowest BCUT2D eigenvalue weighted by Gasteiger charge is -2.21. The first-order chi connectivity index (χ1) is 5.61. The molecule has 3 heteroatoms. The van der Waals surface area contributed by atoms with E-state index in [2.05, 4.69) is 19.2 Å². The van der Waals surface area contributed by atoms with Crippen LogP contribution in [0.4, 0.5) is 0 Å². The highest BCUT2D eigenvalue weighted by molar-refractivity contribution is 5.67. The minimum absolute atomic E-state index is 0.315. The lowest BCUT2D eigenvalue weighted by atomic mass is 9.89. The van der Waals surface area contributed by atoms with Crippen molar-refractivity contribution in [1.29, 1.82) is 0 Å². The Bertz CT molecular complexity index is 168. The summed E-state index contributed by atoms with van der Waals surface area (Å²) >= 11 is 0. The van der Waals surface area contributed by atoms with Crippen LogP contribution >= 0.6 is 0 Å². The van der Waals surface area contributed by atoms with Crippen molar-refractivity contribution >= 4 is 5.97 Å². The molecule has 1 fully saturated rings. The second-order valence-corrected chi connectivity index (χ2v) is 3.87. The monoisotopic (exact) mass is 171 g/mol. The number of aliphatic carboxylic acids is 1. The van der Waals surface area contributed by atoms with Crippen molar-refractivity contribution in [2.45, 2.75) is 32.7 Å². The molecule has 0 aromatic heterocycles. The van der Waals surface area contributed by atoms with Crippen molar-refractivity contribution < 1.29 is 9.90 Å². The van der Waals surface area contributed by atoms with Gasteiger partial charge in [-0.2, -0.15) is 0 Å². The largest absolute Gasteiger partial charge is 0.481 e. The summed E-state index contributed by atoms with van der Waals surface area (Å²) in [4.78, 5) is 10.5. The summed E-state index contributed by atoms with van der Waals surface area (Å²) in [5.74, 6) is 0.202. The summed E-state index contributed by atoms with van der Waals surface area (Å²) in [6.07, 6.45) is 1.32. The van der Waals surface area contributed by atoms with Gasteiger partial charge in [0.25, 0.3) is 0 Å². The molecule has 0 spiro atoms. The van der Waals surface area contributed by atoms with Crippen molar-refractivity contribution in [1.82, 2.24) is 5.32 Å². The van der Waals surface area contributed by atoms with Crippen molar-refractivity contribution in [3.8, 4) is 0 Å². The Hall–Kier alpha value is -0.570. The molecular formula is C9H17NO2. The lowest BCUT2D eigenvalue weighted by Crippen LogP contribution is -2.33. The molecule has 70 valence electrons. The SMILES string of the molecule is CC(C)C1NCCC1CC(=O)O. The van der Waals surface area contributed by atoms with Gasteiger partial charge in [-0.15, -0.1) is 0 Å². The van der Waals surface area contributed by atoms with Crippen LogP contribution in [-0.2, 0) is 4.79 Å². The number of hydrogen-bond donors (Lipinski definition) is 2. The maximum absolute atomic E-state index is 10.5. The Morgan fingerprint density at radius 3 is 2.83 bits per heavy atom. The van der Waals surface area contributed by atoms with Gasteiger partial charge in [-0.1, -0.05) is 13.8 Å². The first-order valence-electron chi connectivity index (χ1n) is 4.56. The zero-order valence-corrected chi connectivity index (χ0v) is 7.71. The van der Waals surface area contributed by atoms with E-state index < -0.39 is 5.97 Å². The van der Waals surface area contributed by atoms with Gasteiger partial charge in [-0.05, 0) is 24.8 Å². The minimum atomic E-state index is -0.672. The second-order valence-electron chi connectivity index (χ2n) is 3.87. The first kappa shape index (κ1) is 9.52. The van der Waals surface area contributed by atoms with Crippen LogP contribution in [0.15, 0.2) is 0 Å². The Labute approximate surface area is 73.2 Å². The summed E-state index contributed by atoms with van der Waals surface area (Å²) < 4.78 is 0. The Morgan fingerprint density at radius 1 is 1.67 bits per heavy atom. The molecule has 0 radical (unpaired) electrons. The highest BCUT2D eigenvalue weighted by Gasteiger charge is 2.30. The van der Waals surface area contributed by atoms with E-state index in [1.54, 1.807) is 0 Å². The van der Waals surface area contributed by atoms with E-state index in [0.717, 1.165) is 13.0 Å². The van der Waals surface area contributed by atoms with Crippen LogP contribution < -0.4 is 5.32 Å². The van der Waals surface area contributed by atoms with E-state index in [9.17, 15) is 4.79 Å². The van der Waals surface area contributed by atoms with E-state index in [0.29, 0.717) is 24.3 Å². The summed E-state index contributed by atoms with van der Waals surface area (Å²) in [7, 11) is 0. The normalized spacial score (nSPS) is 29.6. The molecule has 1 saturated heterocycles. The van der Waals surface area contributed by atoms with Crippen molar-refractivity contribution in [2.24, 2.45) is 11.8 Å². The molecule has 0 saturated carbocycles. The van der Waals surface area contributed by atoms with E-state index in [1.165, 1.54) is 0 Å². The van der Waals surface area contributed by atoms with Crippen LogP contribution in [0.1, 0.15) is 26.7 Å². The standard InChI is InChI=1S/C9H17NO2/c1-6(2)9-7(3-4-10-9)5-8(11)12/h6-7,9-10H,3-5H2,1-2H3,(H,11,12). The van der Waals surface area contributed by atoms with Gasteiger partial charge in [0.05, 0.1) is 0 Å². The molecule has 0 aromatic carbocycles. The second kappa shape index (κ2) is 3.90. The summed E-state index contributed by atoms with van der Waals surface area (Å²) in [5, 5.41) is 12.0. The average molecular weight is 171 g/mol. The fourth-order valence-electron chi connectivity index (χ4n) is 2.01. The van der Waals surface area contributed by atoms with Crippen molar-refractivity contribution in [2.75, 3.05) is 6.54 Å². The summed E-state index contributed by atoms with van der Waals surface area (Å²) in [5.41, 5.74) is 0. The molecule has 1 aliphatic rings. The van der Waals surface area contributed by atoms with Gasteiger partial charge in [0.1, 0.15) is 0 Å². The molecule has 0 aliphatic carbocycles. The van der Waals surface area contributed by atoms with Gasteiger partial charge in [-0.25, -0.2) is 0 Å². The number of carboxylic acids is 1. The molecule has 0 amide bonds. The Morgan fingerprint density at radius 2 is 2.33 bits per heavy atom. The van der Waals surface area contributed by atoms with E-state index in [-0.39, 0.29) is 0 Å². The van der Waals surface area contributed by atoms with Crippen LogP contribution in [0.25, 0.3) is 0 Å². The Kier molecular flexibility index (Phi) is 3.09. The zero-order chi connectivity index (χ0) is 9.14. The number of hydrogen-bond acceptors (Lipinski definition) is 2. The van der Waals surface area contributed by atoms with E-state index >= 15 is 0 Å². The third-order valence-corrected chi connectivity index (χ3v) is 2.56. The predicted molar refractivity (Wildman–Crippen MR) is 47.0 cm³/mol. The molecule has 3 nitrogen and oxygen atoms in total. The van der Waals surface area contributed by atoms with E-state index in [4.69, 9.17) is 5.11 Å². The Balaban J connectivity index is 2.46. The highest BCUT2D eigenvalue weighted by atomic mass is 16.4. The van der Waals surface area contributed by atoms with E-state index in [1.807, 2.05) is 0 Å². The molecule has 0 bridgehead atoms. The van der Waals surface area contributed by atoms with Crippen LogP contribution in [0.3, 0.4) is 0 Å². The molecule has 0 aromatic rings. The van der Waals surface area contributed by atoms with Gasteiger partial charge < -0.3 is 10.4 Å². The molecular weight excluding hydrogens is 154 g/mol. The van der Waals surface area contributed by atoms with Gasteiger partial charge in [-0.3, -0.25) is 4.79 Å². The molecule has 1 rings (SSSR count). The van der Waals surface area contributed by atoms with Crippen molar-refractivity contribution in [3.05, 3.63) is 0 Å². The molecule has 1 heterocycles. The van der Waals surface area contributed by atoms with Gasteiger partial charge >= 0.3 is 5.97 Å². The maximum atomic E-state index is 10.5. The molecule has 12 heavy (non-hydrogen) atoms. The molecule has 1 aliphatic heterocycles. The van der Waals surface area contributed by atoms with Gasteiger partial charge in [0.15, 0.2) is 0 Å². The highest BCUT2D eigenvalue weighted by Crippen LogP contribution is 2.24. The number of carbonyl (C=O) groups is 1. The first-order valence-corrected chi connectivity index (χ1v) is 4.56. The number of rotatable bonds is 3. The zero-order valence-electron chi connectivity index (χ0n) is 7.71. The smallest absolute Gasteiger partial charge is 0.303 e. The topological polar surface area (TPSA) is 49.3 Å². The minimum Gasteiger partial charge on any atom is -0.481 e. The van der Waals surface area contributed by atoms with Crippen LogP contribution in [-0.4, -0.2) is 23.7 Å². The number of carboxylic acid groups (broad SMARTS) is 1. The van der Waals surface area contributed by atoms with Gasteiger partial charge in [0.2, 0.25) is 0 Å². The molecule has 2 N–H and O–H groups in total. The third kappa shape index (κ3) is 2.21. The lowest BCUT2D eigenvalue weighted by molar-refractivity contribution is -0.138. The molecule has 2 unspecified atom stereocenters. The maximum Gasteiger partial charge on any atom is 0.303 e. The summed E-state index contributed by atoms with van der Waals surface area (Å²) in [6.45, 7) is 5.25.